The molecule has 0 saturated heterocycles. The van der Waals surface area contributed by atoms with E-state index in [0.29, 0.717) is 5.75 Å². The van der Waals surface area contributed by atoms with Crippen LogP contribution in [0.1, 0.15) is 11.1 Å². The Morgan fingerprint density at radius 3 is 2.53 bits per heavy atom. The zero-order chi connectivity index (χ0) is 21.1. The van der Waals surface area contributed by atoms with E-state index in [-0.39, 0.29) is 12.1 Å². The molecule has 2 heterocycles. The third-order valence-corrected chi connectivity index (χ3v) is 4.84. The molecule has 0 fully saturated rings. The van der Waals surface area contributed by atoms with Gasteiger partial charge < -0.3 is 4.74 Å². The maximum absolute atomic E-state index is 13.3. The maximum Gasteiger partial charge on any atom is 0.416 e. The average molecular weight is 410 g/mol. The van der Waals surface area contributed by atoms with Crippen molar-refractivity contribution in [2.45, 2.75) is 12.7 Å². The van der Waals surface area contributed by atoms with Crippen LogP contribution in [0.5, 0.6) is 5.75 Å². The van der Waals surface area contributed by atoms with E-state index in [0.717, 1.165) is 22.9 Å². The molecule has 0 atom stereocenters. The lowest BCUT2D eigenvalue weighted by molar-refractivity contribution is -0.687. The first-order valence-corrected chi connectivity index (χ1v) is 9.26. The summed E-state index contributed by atoms with van der Waals surface area (Å²) < 4.78 is 48.9. The predicted octanol–water partition coefficient (Wildman–Crippen LogP) is 4.90. The second-order valence-corrected chi connectivity index (χ2v) is 6.77. The number of rotatable bonds is 5. The lowest BCUT2D eigenvalue weighted by Crippen LogP contribution is -2.32. The van der Waals surface area contributed by atoms with Gasteiger partial charge in [0.1, 0.15) is 30.4 Å². The molecular weight excluding hydrogens is 391 g/mol. The van der Waals surface area contributed by atoms with Crippen molar-refractivity contribution in [1.29, 1.82) is 0 Å². The van der Waals surface area contributed by atoms with Gasteiger partial charge in [0.05, 0.1) is 12.7 Å². The first kappa shape index (κ1) is 19.7. The van der Waals surface area contributed by atoms with Gasteiger partial charge in [-0.25, -0.2) is 9.13 Å². The number of methoxy groups -OCH3 is 1. The fraction of sp³-hybridized carbons (Fsp3) is 0.130. The molecule has 0 bridgehead atoms. The number of hydrogen-bond donors (Lipinski definition) is 0. The van der Waals surface area contributed by atoms with Crippen molar-refractivity contribution in [3.63, 3.8) is 0 Å². The number of benzene rings is 2. The van der Waals surface area contributed by atoms with Crippen LogP contribution in [0.2, 0.25) is 0 Å². The third-order valence-electron chi connectivity index (χ3n) is 4.84. The molecule has 152 valence electrons. The van der Waals surface area contributed by atoms with Gasteiger partial charge in [-0.05, 0) is 35.9 Å². The van der Waals surface area contributed by atoms with Gasteiger partial charge in [-0.1, -0.05) is 18.2 Å². The highest BCUT2D eigenvalue weighted by Crippen LogP contribution is 2.32. The van der Waals surface area contributed by atoms with Crippen molar-refractivity contribution < 1.29 is 22.5 Å². The SMILES string of the molecule is COc1cc(-n2cc[n+](Cc3ccccc3C(F)(F)F)c2)ccc1-c1ccncc1. The molecule has 0 amide bonds. The summed E-state index contributed by atoms with van der Waals surface area (Å²) in [5, 5.41) is 0. The van der Waals surface area contributed by atoms with Crippen LogP contribution < -0.4 is 9.30 Å². The van der Waals surface area contributed by atoms with Crippen molar-refractivity contribution >= 4 is 0 Å². The quantitative estimate of drug-likeness (QED) is 0.438. The summed E-state index contributed by atoms with van der Waals surface area (Å²) in [7, 11) is 1.60. The van der Waals surface area contributed by atoms with Crippen molar-refractivity contribution in [1.82, 2.24) is 9.55 Å². The van der Waals surface area contributed by atoms with E-state index in [9.17, 15) is 13.2 Å². The molecule has 4 aromatic rings. The molecule has 7 heteroatoms. The Bertz CT molecular complexity index is 1150. The summed E-state index contributed by atoms with van der Waals surface area (Å²) in [6, 6.07) is 15.2. The minimum absolute atomic E-state index is 0.120. The van der Waals surface area contributed by atoms with Gasteiger partial charge in [-0.15, -0.1) is 0 Å². The van der Waals surface area contributed by atoms with Crippen LogP contribution in [0.4, 0.5) is 13.2 Å². The van der Waals surface area contributed by atoms with Crippen LogP contribution in [-0.4, -0.2) is 16.7 Å². The largest absolute Gasteiger partial charge is 0.496 e. The predicted molar refractivity (Wildman–Crippen MR) is 106 cm³/mol. The van der Waals surface area contributed by atoms with E-state index in [1.807, 2.05) is 34.9 Å². The maximum atomic E-state index is 13.3. The molecule has 2 aromatic carbocycles. The van der Waals surface area contributed by atoms with E-state index < -0.39 is 11.7 Å². The fourth-order valence-corrected chi connectivity index (χ4v) is 3.38. The first-order valence-electron chi connectivity index (χ1n) is 9.26. The standard InChI is InChI=1S/C23H19F3N3O/c1-30-22-14-19(6-7-20(22)17-8-10-27-11-9-17)29-13-12-28(16-29)15-18-4-2-3-5-21(18)23(24,25)26/h2-14,16H,15H2,1H3/q+1. The Morgan fingerprint density at radius 1 is 1.03 bits per heavy atom. The summed E-state index contributed by atoms with van der Waals surface area (Å²) in [6.45, 7) is 0.120. The number of pyridine rings is 1. The molecule has 4 rings (SSSR count). The molecule has 0 radical (unpaired) electrons. The number of imidazole rings is 1. The number of hydrogen-bond acceptors (Lipinski definition) is 2. The molecule has 4 nitrogen and oxygen atoms in total. The molecule has 0 spiro atoms. The second kappa shape index (κ2) is 8.02. The number of nitrogens with zero attached hydrogens (tertiary/aromatic N) is 3. The number of aromatic nitrogens is 3. The first-order chi connectivity index (χ1) is 14.5. The summed E-state index contributed by atoms with van der Waals surface area (Å²) >= 11 is 0. The highest BCUT2D eigenvalue weighted by atomic mass is 19.4. The van der Waals surface area contributed by atoms with Crippen molar-refractivity contribution in [2.24, 2.45) is 0 Å². The van der Waals surface area contributed by atoms with E-state index in [2.05, 4.69) is 4.98 Å². The Labute approximate surface area is 171 Å². The Morgan fingerprint density at radius 2 is 1.80 bits per heavy atom. The van der Waals surface area contributed by atoms with Crippen LogP contribution in [0.25, 0.3) is 16.8 Å². The summed E-state index contributed by atoms with van der Waals surface area (Å²) in [4.78, 5) is 4.03. The van der Waals surface area contributed by atoms with Crippen LogP contribution in [0, 0.1) is 0 Å². The normalized spacial score (nSPS) is 11.5. The van der Waals surface area contributed by atoms with Crippen molar-refractivity contribution in [3.8, 4) is 22.6 Å². The van der Waals surface area contributed by atoms with Gasteiger partial charge in [0.2, 0.25) is 6.33 Å². The average Bonchev–Trinajstić information content (AvgIpc) is 3.22. The molecule has 2 aromatic heterocycles. The van der Waals surface area contributed by atoms with Gasteiger partial charge in [0.25, 0.3) is 0 Å². The van der Waals surface area contributed by atoms with E-state index in [4.69, 9.17) is 4.74 Å². The molecule has 0 unspecified atom stereocenters. The Hall–Kier alpha value is -3.61. The third kappa shape index (κ3) is 4.05. The van der Waals surface area contributed by atoms with Gasteiger partial charge in [0, 0.05) is 29.6 Å². The van der Waals surface area contributed by atoms with Crippen LogP contribution in [0.15, 0.2) is 85.7 Å². The van der Waals surface area contributed by atoms with Gasteiger partial charge in [-0.2, -0.15) is 13.2 Å². The van der Waals surface area contributed by atoms with Crippen LogP contribution in [-0.2, 0) is 12.7 Å². The molecule has 0 aliphatic rings. The highest BCUT2D eigenvalue weighted by Gasteiger charge is 2.33. The zero-order valence-electron chi connectivity index (χ0n) is 16.2. The topological polar surface area (TPSA) is 30.9 Å². The van der Waals surface area contributed by atoms with E-state index in [1.54, 1.807) is 48.9 Å². The van der Waals surface area contributed by atoms with Gasteiger partial charge >= 0.3 is 6.18 Å². The second-order valence-electron chi connectivity index (χ2n) is 6.77. The summed E-state index contributed by atoms with van der Waals surface area (Å²) in [5.74, 6) is 0.696. The van der Waals surface area contributed by atoms with E-state index in [1.165, 1.54) is 12.1 Å². The van der Waals surface area contributed by atoms with Crippen molar-refractivity contribution in [3.05, 3.63) is 96.8 Å². The Kier molecular flexibility index (Phi) is 5.27. The minimum Gasteiger partial charge on any atom is -0.496 e. The smallest absolute Gasteiger partial charge is 0.416 e. The molecule has 0 N–H and O–H groups in total. The monoisotopic (exact) mass is 410 g/mol. The lowest BCUT2D eigenvalue weighted by Gasteiger charge is -2.11. The van der Waals surface area contributed by atoms with E-state index >= 15 is 0 Å². The molecule has 30 heavy (non-hydrogen) atoms. The Balaban J connectivity index is 1.62. The summed E-state index contributed by atoms with van der Waals surface area (Å²) in [6.07, 6.45) is 4.37. The number of halogens is 3. The molecular formula is C23H19F3N3O+. The summed E-state index contributed by atoms with van der Waals surface area (Å²) in [5.41, 5.74) is 2.36. The zero-order valence-corrected chi connectivity index (χ0v) is 16.2. The van der Waals surface area contributed by atoms with Gasteiger partial charge in [0.15, 0.2) is 0 Å². The molecule has 0 saturated carbocycles. The fourth-order valence-electron chi connectivity index (χ4n) is 3.38. The minimum atomic E-state index is -4.38. The van der Waals surface area contributed by atoms with Crippen LogP contribution in [0.3, 0.4) is 0 Å². The molecule has 0 aliphatic carbocycles. The number of ether oxygens (including phenoxy) is 1. The lowest BCUT2D eigenvalue weighted by atomic mass is 10.1. The highest BCUT2D eigenvalue weighted by molar-refractivity contribution is 5.71. The van der Waals surface area contributed by atoms with Crippen LogP contribution >= 0.6 is 0 Å². The molecule has 0 aliphatic heterocycles. The van der Waals surface area contributed by atoms with Crippen molar-refractivity contribution in [2.75, 3.05) is 7.11 Å². The van der Waals surface area contributed by atoms with Gasteiger partial charge in [-0.3, -0.25) is 4.98 Å². The number of alkyl halides is 3.